The highest BCUT2D eigenvalue weighted by Crippen LogP contribution is 2.51. The Balaban J connectivity index is 1.87. The monoisotopic (exact) mass is 363 g/mol. The minimum Gasteiger partial charge on any atom is -0.340 e. The number of allylic oxidation sites excluding steroid dienone is 2. The van der Waals surface area contributed by atoms with Gasteiger partial charge in [-0.05, 0) is 29.7 Å². The number of hydrogen-bond donors (Lipinski definition) is 1. The van der Waals surface area contributed by atoms with E-state index in [-0.39, 0.29) is 9.95 Å². The largest absolute Gasteiger partial charge is 0.340 e. The van der Waals surface area contributed by atoms with Crippen LogP contribution in [0.15, 0.2) is 70.5 Å². The van der Waals surface area contributed by atoms with Crippen molar-refractivity contribution < 1.29 is 4.92 Å². The van der Waals surface area contributed by atoms with E-state index in [4.69, 9.17) is 0 Å². The van der Waals surface area contributed by atoms with Crippen molar-refractivity contribution in [3.05, 3.63) is 86.9 Å². The first-order chi connectivity index (χ1) is 12.7. The van der Waals surface area contributed by atoms with E-state index in [9.17, 15) is 15.4 Å². The number of nitriles is 1. The van der Waals surface area contributed by atoms with E-state index in [1.165, 1.54) is 6.33 Å². The summed E-state index contributed by atoms with van der Waals surface area (Å²) in [5, 5.41) is 23.6. The molecule has 1 aromatic carbocycles. The molecule has 0 aliphatic carbocycles. The summed E-state index contributed by atoms with van der Waals surface area (Å²) in [4.78, 5) is 20.1. The average molecular weight is 363 g/mol. The molecule has 128 valence electrons. The van der Waals surface area contributed by atoms with Crippen molar-refractivity contribution in [1.82, 2.24) is 14.5 Å². The number of hydrogen-bond acceptors (Lipinski definition) is 5. The van der Waals surface area contributed by atoms with Crippen molar-refractivity contribution in [3.8, 4) is 6.07 Å². The standard InChI is InChI=1S/C18H13N5O2S/c19-9-13-3-4-15-16(8-13)22(10-14-5-6-20-12-21-14)11-17(15)26-7-1-2-18(26)23(24)25/h1-8,11-12,26H,10H2. The maximum atomic E-state index is 11.4. The van der Waals surface area contributed by atoms with E-state index >= 15 is 0 Å². The van der Waals surface area contributed by atoms with Crippen LogP contribution < -0.4 is 0 Å². The molecule has 3 aromatic rings. The van der Waals surface area contributed by atoms with Gasteiger partial charge in [-0.3, -0.25) is 10.1 Å². The first-order valence-corrected chi connectivity index (χ1v) is 9.18. The number of nitrogens with zero attached hydrogens (tertiary/aromatic N) is 5. The second-order valence-corrected chi connectivity index (χ2v) is 7.66. The van der Waals surface area contributed by atoms with E-state index in [2.05, 4.69) is 16.0 Å². The maximum absolute atomic E-state index is 11.4. The van der Waals surface area contributed by atoms with Gasteiger partial charge in [0.05, 0.1) is 34.3 Å². The smallest absolute Gasteiger partial charge is 0.291 e. The van der Waals surface area contributed by atoms with Crippen LogP contribution >= 0.6 is 10.9 Å². The average Bonchev–Trinajstić information content (AvgIpc) is 3.27. The van der Waals surface area contributed by atoms with E-state index in [1.54, 1.807) is 24.4 Å². The molecular formula is C18H13N5O2S. The number of aromatic nitrogens is 3. The lowest BCUT2D eigenvalue weighted by atomic mass is 10.2. The molecule has 0 fully saturated rings. The minimum atomic E-state index is -1.17. The molecule has 0 bridgehead atoms. The van der Waals surface area contributed by atoms with Crippen LogP contribution in [-0.4, -0.2) is 19.5 Å². The molecule has 0 spiro atoms. The molecule has 0 saturated carbocycles. The van der Waals surface area contributed by atoms with Crippen molar-refractivity contribution >= 4 is 21.8 Å². The van der Waals surface area contributed by atoms with Crippen LogP contribution in [0.3, 0.4) is 0 Å². The second kappa shape index (κ2) is 6.46. The van der Waals surface area contributed by atoms with Gasteiger partial charge in [0.2, 0.25) is 0 Å². The number of benzene rings is 1. The molecule has 7 nitrogen and oxygen atoms in total. The summed E-state index contributed by atoms with van der Waals surface area (Å²) in [6.45, 7) is 0.498. The minimum absolute atomic E-state index is 0.213. The van der Waals surface area contributed by atoms with Crippen LogP contribution in [0.1, 0.15) is 11.3 Å². The zero-order chi connectivity index (χ0) is 18.1. The van der Waals surface area contributed by atoms with E-state index in [1.807, 2.05) is 34.4 Å². The summed E-state index contributed by atoms with van der Waals surface area (Å²) in [5.74, 6) is 0. The van der Waals surface area contributed by atoms with Crippen LogP contribution in [0.5, 0.6) is 0 Å². The Hall–Kier alpha value is -3.44. The summed E-state index contributed by atoms with van der Waals surface area (Å²) in [7, 11) is -1.17. The predicted octanol–water partition coefficient (Wildman–Crippen LogP) is 3.36. The summed E-state index contributed by atoms with van der Waals surface area (Å²) in [5.41, 5.74) is 2.24. The normalized spacial score (nSPS) is 17.2. The van der Waals surface area contributed by atoms with Crippen LogP contribution in [0.4, 0.5) is 0 Å². The Morgan fingerprint density at radius 1 is 1.35 bits per heavy atom. The summed E-state index contributed by atoms with van der Waals surface area (Å²) in [6.07, 6.45) is 8.39. The van der Waals surface area contributed by atoms with Crippen LogP contribution in [0, 0.1) is 21.4 Å². The van der Waals surface area contributed by atoms with Crippen LogP contribution in [0.25, 0.3) is 10.9 Å². The molecule has 0 amide bonds. The van der Waals surface area contributed by atoms with E-state index in [0.29, 0.717) is 12.1 Å². The van der Waals surface area contributed by atoms with Crippen molar-refractivity contribution in [2.45, 2.75) is 11.4 Å². The molecule has 26 heavy (non-hydrogen) atoms. The molecule has 1 atom stereocenters. The lowest BCUT2D eigenvalue weighted by Crippen LogP contribution is -2.00. The molecule has 0 radical (unpaired) electrons. The molecule has 2 aromatic heterocycles. The van der Waals surface area contributed by atoms with Gasteiger partial charge in [-0.25, -0.2) is 9.97 Å². The molecule has 0 saturated heterocycles. The van der Waals surface area contributed by atoms with Crippen molar-refractivity contribution in [3.63, 3.8) is 0 Å². The highest BCUT2D eigenvalue weighted by atomic mass is 32.2. The van der Waals surface area contributed by atoms with Gasteiger partial charge in [-0.15, -0.1) is 10.9 Å². The first-order valence-electron chi connectivity index (χ1n) is 7.77. The van der Waals surface area contributed by atoms with E-state index in [0.717, 1.165) is 21.5 Å². The number of nitro groups is 1. The maximum Gasteiger partial charge on any atom is 0.291 e. The Morgan fingerprint density at radius 3 is 2.96 bits per heavy atom. The van der Waals surface area contributed by atoms with Gasteiger partial charge >= 0.3 is 0 Å². The lowest BCUT2D eigenvalue weighted by molar-refractivity contribution is -0.410. The third kappa shape index (κ3) is 2.74. The molecule has 1 aliphatic rings. The third-order valence-corrected chi connectivity index (χ3v) is 6.29. The molecule has 8 heteroatoms. The van der Waals surface area contributed by atoms with Crippen molar-refractivity contribution in [1.29, 1.82) is 5.26 Å². The molecule has 4 rings (SSSR count). The van der Waals surface area contributed by atoms with Crippen LogP contribution in [-0.2, 0) is 6.54 Å². The van der Waals surface area contributed by atoms with Gasteiger partial charge < -0.3 is 4.57 Å². The molecule has 1 aliphatic heterocycles. The summed E-state index contributed by atoms with van der Waals surface area (Å²) < 4.78 is 1.99. The molecule has 3 heterocycles. The number of thiol groups is 1. The lowest BCUT2D eigenvalue weighted by Gasteiger charge is -2.10. The van der Waals surface area contributed by atoms with Gasteiger partial charge in [0.1, 0.15) is 6.33 Å². The molecule has 0 N–H and O–H groups in total. The van der Waals surface area contributed by atoms with Gasteiger partial charge in [-0.1, -0.05) is 6.07 Å². The highest BCUT2D eigenvalue weighted by Gasteiger charge is 2.26. The Bertz CT molecular complexity index is 1110. The molecular weight excluding hydrogens is 350 g/mol. The fraction of sp³-hybridized carbons (Fsp3) is 0.0556. The van der Waals surface area contributed by atoms with Crippen LogP contribution in [0.2, 0.25) is 0 Å². The quantitative estimate of drug-likeness (QED) is 0.435. The zero-order valence-electron chi connectivity index (χ0n) is 13.5. The highest BCUT2D eigenvalue weighted by molar-refractivity contribution is 8.23. The van der Waals surface area contributed by atoms with Gasteiger partial charge in [-0.2, -0.15) is 5.26 Å². The van der Waals surface area contributed by atoms with E-state index < -0.39 is 10.9 Å². The summed E-state index contributed by atoms with van der Waals surface area (Å²) in [6, 6.07) is 9.39. The van der Waals surface area contributed by atoms with Gasteiger partial charge in [0, 0.05) is 28.8 Å². The number of rotatable bonds is 4. The zero-order valence-corrected chi connectivity index (χ0v) is 14.4. The third-order valence-electron chi connectivity index (χ3n) is 4.14. The van der Waals surface area contributed by atoms with Gasteiger partial charge in [0.15, 0.2) is 0 Å². The topological polar surface area (TPSA) is 97.6 Å². The fourth-order valence-corrected chi connectivity index (χ4v) is 4.93. The number of fused-ring (bicyclic) bond motifs is 1. The Labute approximate surface area is 151 Å². The van der Waals surface area contributed by atoms with Crippen molar-refractivity contribution in [2.24, 2.45) is 0 Å². The Kier molecular flexibility index (Phi) is 3.99. The SMILES string of the molecule is N#Cc1ccc2c([SH]3C=CC=C3[N+](=O)[O-])cn(Cc3ccncn3)c2c1. The van der Waals surface area contributed by atoms with Gasteiger partial charge in [0.25, 0.3) is 5.03 Å². The van der Waals surface area contributed by atoms with Crippen molar-refractivity contribution in [2.75, 3.05) is 0 Å². The predicted molar refractivity (Wildman–Crippen MR) is 99.3 cm³/mol. The first kappa shape index (κ1) is 16.1. The fourth-order valence-electron chi connectivity index (χ4n) is 2.98. The summed E-state index contributed by atoms with van der Waals surface area (Å²) >= 11 is 0. The Morgan fingerprint density at radius 2 is 2.23 bits per heavy atom. The second-order valence-electron chi connectivity index (χ2n) is 5.68. The molecule has 1 unspecified atom stereocenters.